The minimum absolute atomic E-state index is 0.0659. The summed E-state index contributed by atoms with van der Waals surface area (Å²) in [6, 6.07) is 3.73. The number of nitrogens with zero attached hydrogens (tertiary/aromatic N) is 1. The third-order valence-electron chi connectivity index (χ3n) is 2.38. The summed E-state index contributed by atoms with van der Waals surface area (Å²) >= 11 is 1.04. The van der Waals surface area contributed by atoms with E-state index in [1.807, 2.05) is 6.92 Å². The third-order valence-corrected chi connectivity index (χ3v) is 3.31. The Kier molecular flexibility index (Phi) is 4.50. The fourth-order valence-electron chi connectivity index (χ4n) is 1.52. The number of fused-ring (bicyclic) bond motifs is 1. The highest BCUT2D eigenvalue weighted by Gasteiger charge is 2.39. The first-order valence-electron chi connectivity index (χ1n) is 6.02. The predicted octanol–water partition coefficient (Wildman–Crippen LogP) is 2.91. The molecule has 118 valence electrons. The molecule has 0 saturated carbocycles. The summed E-state index contributed by atoms with van der Waals surface area (Å²) in [5.41, 5.74) is 0.547. The Morgan fingerprint density at radius 3 is 2.73 bits per heavy atom. The number of nitrogens with one attached hydrogen (secondary N) is 2. The molecule has 0 atom stereocenters. The molecule has 0 aliphatic carbocycles. The summed E-state index contributed by atoms with van der Waals surface area (Å²) in [6.45, 7) is 2.31. The zero-order valence-corrected chi connectivity index (χ0v) is 12.0. The Labute approximate surface area is 126 Å². The summed E-state index contributed by atoms with van der Waals surface area (Å²) in [5.74, 6) is -1.73. The molecule has 1 heterocycles. The lowest BCUT2D eigenvalue weighted by Gasteiger charge is -2.06. The smallest absolute Gasteiger partial charge is 0.471 e. The number of rotatable bonds is 3. The number of carbonyl (C=O) groups excluding carboxylic acids is 2. The Balaban J connectivity index is 2.08. The van der Waals surface area contributed by atoms with Gasteiger partial charge in [0.15, 0.2) is 5.13 Å². The Morgan fingerprint density at radius 1 is 1.36 bits per heavy atom. The van der Waals surface area contributed by atoms with Crippen LogP contribution in [0.2, 0.25) is 0 Å². The van der Waals surface area contributed by atoms with Crippen LogP contribution in [0.1, 0.15) is 6.92 Å². The average molecular weight is 333 g/mol. The molecule has 2 N–H and O–H groups in total. The molecule has 3 amide bonds. The molecule has 1 aromatic carbocycles. The lowest BCUT2D eigenvalue weighted by Crippen LogP contribution is -2.42. The zero-order valence-electron chi connectivity index (χ0n) is 11.2. The third kappa shape index (κ3) is 3.85. The van der Waals surface area contributed by atoms with E-state index in [-0.39, 0.29) is 5.13 Å². The van der Waals surface area contributed by atoms with E-state index in [2.05, 4.69) is 10.3 Å². The summed E-state index contributed by atoms with van der Waals surface area (Å²) in [5, 5.41) is 3.32. The summed E-state index contributed by atoms with van der Waals surface area (Å²) in [4.78, 5) is 26.0. The van der Waals surface area contributed by atoms with Gasteiger partial charge in [-0.15, -0.1) is 0 Å². The van der Waals surface area contributed by atoms with Crippen LogP contribution < -0.4 is 15.4 Å². The van der Waals surface area contributed by atoms with Crippen molar-refractivity contribution >= 4 is 38.6 Å². The monoisotopic (exact) mass is 333 g/mol. The predicted molar refractivity (Wildman–Crippen MR) is 74.0 cm³/mol. The van der Waals surface area contributed by atoms with Crippen LogP contribution in [0.15, 0.2) is 18.2 Å². The molecular weight excluding hydrogens is 323 g/mol. The number of benzene rings is 1. The molecule has 0 radical (unpaired) electrons. The highest BCUT2D eigenvalue weighted by Crippen LogP contribution is 2.29. The maximum absolute atomic E-state index is 12.0. The SMILES string of the molecule is CCOc1ccc2nc(NC(=O)NC(=O)C(F)(F)F)sc2c1. The maximum Gasteiger partial charge on any atom is 0.471 e. The first-order valence-corrected chi connectivity index (χ1v) is 6.84. The molecule has 2 aromatic rings. The molecule has 0 aliphatic rings. The topological polar surface area (TPSA) is 80.3 Å². The van der Waals surface area contributed by atoms with Crippen molar-refractivity contribution in [1.82, 2.24) is 10.3 Å². The molecule has 1 aromatic heterocycles. The van der Waals surface area contributed by atoms with Crippen LogP contribution in [0.3, 0.4) is 0 Å². The normalized spacial score (nSPS) is 11.3. The maximum atomic E-state index is 12.0. The molecular formula is C12H10F3N3O3S. The molecule has 6 nitrogen and oxygen atoms in total. The van der Waals surface area contributed by atoms with Crippen molar-refractivity contribution in [3.8, 4) is 5.75 Å². The largest absolute Gasteiger partial charge is 0.494 e. The van der Waals surface area contributed by atoms with Gasteiger partial charge in [0.1, 0.15) is 5.75 Å². The number of halogens is 3. The summed E-state index contributed by atoms with van der Waals surface area (Å²) in [7, 11) is 0. The lowest BCUT2D eigenvalue weighted by atomic mass is 10.3. The van der Waals surface area contributed by atoms with E-state index >= 15 is 0 Å². The molecule has 0 spiro atoms. The van der Waals surface area contributed by atoms with Crippen molar-refractivity contribution in [2.75, 3.05) is 11.9 Å². The quantitative estimate of drug-likeness (QED) is 0.905. The van der Waals surface area contributed by atoms with Gasteiger partial charge in [0.05, 0.1) is 16.8 Å². The number of imide groups is 1. The molecule has 0 bridgehead atoms. The number of hydrogen-bond acceptors (Lipinski definition) is 5. The Bertz CT molecular complexity index is 714. The fourth-order valence-corrected chi connectivity index (χ4v) is 2.41. The van der Waals surface area contributed by atoms with Crippen molar-refractivity contribution in [3.63, 3.8) is 0 Å². The van der Waals surface area contributed by atoms with E-state index in [9.17, 15) is 22.8 Å². The van der Waals surface area contributed by atoms with E-state index in [1.54, 1.807) is 18.2 Å². The number of ether oxygens (including phenoxy) is 1. The van der Waals surface area contributed by atoms with Crippen LogP contribution in [0.25, 0.3) is 10.2 Å². The van der Waals surface area contributed by atoms with Crippen LogP contribution in [0, 0.1) is 0 Å². The van der Waals surface area contributed by atoms with Gasteiger partial charge in [-0.1, -0.05) is 11.3 Å². The van der Waals surface area contributed by atoms with E-state index in [0.717, 1.165) is 11.3 Å². The highest BCUT2D eigenvalue weighted by atomic mass is 32.1. The molecule has 0 aliphatic heterocycles. The van der Waals surface area contributed by atoms with Crippen LogP contribution in [-0.4, -0.2) is 29.7 Å². The Hall–Kier alpha value is -2.36. The van der Waals surface area contributed by atoms with E-state index in [4.69, 9.17) is 4.74 Å². The van der Waals surface area contributed by atoms with Gasteiger partial charge in [0, 0.05) is 0 Å². The van der Waals surface area contributed by atoms with Gasteiger partial charge in [-0.05, 0) is 25.1 Å². The van der Waals surface area contributed by atoms with Gasteiger partial charge in [-0.25, -0.2) is 9.78 Å². The standard InChI is InChI=1S/C12H10F3N3O3S/c1-2-21-6-3-4-7-8(5-6)22-11(16-7)18-10(20)17-9(19)12(13,14)15/h3-5H,2H2,1H3,(H2,16,17,18,19,20). The van der Waals surface area contributed by atoms with Gasteiger partial charge in [0.2, 0.25) is 0 Å². The van der Waals surface area contributed by atoms with Crippen molar-refractivity contribution < 1.29 is 27.5 Å². The molecule has 0 saturated heterocycles. The molecule has 0 fully saturated rings. The van der Waals surface area contributed by atoms with Crippen molar-refractivity contribution in [2.45, 2.75) is 13.1 Å². The highest BCUT2D eigenvalue weighted by molar-refractivity contribution is 7.22. The van der Waals surface area contributed by atoms with E-state index in [0.29, 0.717) is 22.6 Å². The summed E-state index contributed by atoms with van der Waals surface area (Å²) < 4.78 is 42.0. The Morgan fingerprint density at radius 2 is 2.09 bits per heavy atom. The summed E-state index contributed by atoms with van der Waals surface area (Å²) in [6.07, 6.45) is -5.13. The minimum Gasteiger partial charge on any atom is -0.494 e. The number of amides is 3. The number of thiazole rings is 1. The average Bonchev–Trinajstić information content (AvgIpc) is 2.79. The number of urea groups is 1. The van der Waals surface area contributed by atoms with Gasteiger partial charge in [0.25, 0.3) is 0 Å². The van der Waals surface area contributed by atoms with Gasteiger partial charge >= 0.3 is 18.1 Å². The molecule has 22 heavy (non-hydrogen) atoms. The number of aromatic nitrogens is 1. The molecule has 10 heteroatoms. The van der Waals surface area contributed by atoms with Crippen LogP contribution in [0.5, 0.6) is 5.75 Å². The molecule has 0 unspecified atom stereocenters. The van der Waals surface area contributed by atoms with Crippen molar-refractivity contribution in [2.24, 2.45) is 0 Å². The first-order chi connectivity index (χ1) is 10.3. The second-order valence-corrected chi connectivity index (χ2v) is 5.02. The number of anilines is 1. The second-order valence-electron chi connectivity index (χ2n) is 3.99. The van der Waals surface area contributed by atoms with Gasteiger partial charge < -0.3 is 4.74 Å². The number of carbonyl (C=O) groups is 2. The lowest BCUT2D eigenvalue weighted by molar-refractivity contribution is -0.172. The van der Waals surface area contributed by atoms with Crippen LogP contribution >= 0.6 is 11.3 Å². The molecule has 2 rings (SSSR count). The fraction of sp³-hybridized carbons (Fsp3) is 0.250. The second kappa shape index (κ2) is 6.18. The van der Waals surface area contributed by atoms with Gasteiger partial charge in [-0.3, -0.25) is 15.4 Å². The van der Waals surface area contributed by atoms with E-state index < -0.39 is 18.1 Å². The van der Waals surface area contributed by atoms with Crippen molar-refractivity contribution in [3.05, 3.63) is 18.2 Å². The number of alkyl halides is 3. The minimum atomic E-state index is -5.13. The van der Waals surface area contributed by atoms with Crippen LogP contribution in [0.4, 0.5) is 23.1 Å². The first kappa shape index (κ1) is 16.0. The van der Waals surface area contributed by atoms with Crippen LogP contribution in [-0.2, 0) is 4.79 Å². The van der Waals surface area contributed by atoms with Gasteiger partial charge in [-0.2, -0.15) is 13.2 Å². The number of hydrogen-bond donors (Lipinski definition) is 2. The van der Waals surface area contributed by atoms with E-state index in [1.165, 1.54) is 5.32 Å². The van der Waals surface area contributed by atoms with Crippen molar-refractivity contribution in [1.29, 1.82) is 0 Å². The zero-order chi connectivity index (χ0) is 16.3.